The summed E-state index contributed by atoms with van der Waals surface area (Å²) in [6.45, 7) is 9.58. The Morgan fingerprint density at radius 1 is 1.21 bits per heavy atom. The molecule has 0 amide bonds. The van der Waals surface area contributed by atoms with Crippen LogP contribution in [0.2, 0.25) is 0 Å². The predicted molar refractivity (Wildman–Crippen MR) is 97.9 cm³/mol. The van der Waals surface area contributed by atoms with Gasteiger partial charge < -0.3 is 14.6 Å². The number of likely N-dealkylation sites (N-methyl/N-ethyl adjacent to an activating group) is 1. The Labute approximate surface area is 143 Å². The summed E-state index contributed by atoms with van der Waals surface area (Å²) in [4.78, 5) is 21.1. The highest BCUT2D eigenvalue weighted by Crippen LogP contribution is 2.19. The number of pyridine rings is 1. The molecule has 1 aromatic heterocycles. The molecular formula is C19H27N3O2. The van der Waals surface area contributed by atoms with Crippen molar-refractivity contribution in [3.63, 3.8) is 0 Å². The minimum absolute atomic E-state index is 0.127. The number of hydrogen-bond donors (Lipinski definition) is 1. The van der Waals surface area contributed by atoms with Gasteiger partial charge in [-0.25, -0.2) is 0 Å². The minimum atomic E-state index is 0.127. The quantitative estimate of drug-likeness (QED) is 0.915. The van der Waals surface area contributed by atoms with Gasteiger partial charge in [0.1, 0.15) is 5.75 Å². The van der Waals surface area contributed by atoms with Crippen molar-refractivity contribution in [3.8, 4) is 5.75 Å². The first-order valence-corrected chi connectivity index (χ1v) is 8.77. The number of piperazine rings is 1. The third-order valence-electron chi connectivity index (χ3n) is 4.74. The molecule has 24 heavy (non-hydrogen) atoms. The number of benzene rings is 1. The number of nitrogens with zero attached hydrogens (tertiary/aromatic N) is 2. The summed E-state index contributed by atoms with van der Waals surface area (Å²) in [6, 6.07) is 5.73. The van der Waals surface area contributed by atoms with Gasteiger partial charge in [-0.1, -0.05) is 6.92 Å². The maximum absolute atomic E-state index is 13.0. The Morgan fingerprint density at radius 3 is 2.67 bits per heavy atom. The molecule has 1 N–H and O–H groups in total. The summed E-state index contributed by atoms with van der Waals surface area (Å²) in [6.07, 6.45) is 0.955. The van der Waals surface area contributed by atoms with Crippen molar-refractivity contribution in [2.75, 3.05) is 39.8 Å². The third-order valence-corrected chi connectivity index (χ3v) is 4.74. The second kappa shape index (κ2) is 7.36. The third kappa shape index (κ3) is 3.62. The van der Waals surface area contributed by atoms with Gasteiger partial charge in [-0.05, 0) is 38.6 Å². The highest BCUT2D eigenvalue weighted by Gasteiger charge is 2.17. The van der Waals surface area contributed by atoms with E-state index >= 15 is 0 Å². The highest BCUT2D eigenvalue weighted by molar-refractivity contribution is 5.81. The van der Waals surface area contributed by atoms with Gasteiger partial charge in [-0.3, -0.25) is 9.69 Å². The molecule has 1 aliphatic rings. The lowest BCUT2D eigenvalue weighted by Crippen LogP contribution is -2.44. The van der Waals surface area contributed by atoms with Crippen LogP contribution in [0.1, 0.15) is 24.6 Å². The van der Waals surface area contributed by atoms with Crippen LogP contribution in [0.4, 0.5) is 0 Å². The van der Waals surface area contributed by atoms with Gasteiger partial charge in [0.2, 0.25) is 0 Å². The molecule has 0 atom stereocenters. The summed E-state index contributed by atoms with van der Waals surface area (Å²) >= 11 is 0. The first kappa shape index (κ1) is 17.0. The lowest BCUT2D eigenvalue weighted by molar-refractivity contribution is 0.147. The largest absolute Gasteiger partial charge is 0.494 e. The molecular weight excluding hydrogens is 302 g/mol. The van der Waals surface area contributed by atoms with Crippen molar-refractivity contribution in [1.29, 1.82) is 0 Å². The van der Waals surface area contributed by atoms with Crippen molar-refractivity contribution < 1.29 is 4.74 Å². The molecule has 0 radical (unpaired) electrons. The standard InChI is InChI=1S/C19H27N3O2/c1-4-11-24-15-5-6-18-16(12-15)19(23)17(14(2)20-18)13-22-9-7-21(3)8-10-22/h5-6,12H,4,7-11,13H2,1-3H3,(H,20,23). The van der Waals surface area contributed by atoms with Gasteiger partial charge in [0.15, 0.2) is 5.43 Å². The first-order chi connectivity index (χ1) is 11.6. The van der Waals surface area contributed by atoms with E-state index in [9.17, 15) is 4.79 Å². The monoisotopic (exact) mass is 329 g/mol. The second-order valence-electron chi connectivity index (χ2n) is 6.69. The number of aromatic amines is 1. The maximum atomic E-state index is 13.0. The van der Waals surface area contributed by atoms with E-state index in [2.05, 4.69) is 28.8 Å². The fourth-order valence-corrected chi connectivity index (χ4v) is 3.16. The average molecular weight is 329 g/mol. The molecule has 3 rings (SSSR count). The van der Waals surface area contributed by atoms with Gasteiger partial charge in [0, 0.05) is 54.9 Å². The van der Waals surface area contributed by atoms with E-state index in [-0.39, 0.29) is 5.43 Å². The Kier molecular flexibility index (Phi) is 5.21. The zero-order valence-electron chi connectivity index (χ0n) is 14.9. The van der Waals surface area contributed by atoms with E-state index in [1.165, 1.54) is 0 Å². The maximum Gasteiger partial charge on any atom is 0.194 e. The molecule has 1 saturated heterocycles. The summed E-state index contributed by atoms with van der Waals surface area (Å²) in [7, 11) is 2.14. The summed E-state index contributed by atoms with van der Waals surface area (Å²) in [5.41, 5.74) is 2.85. The molecule has 0 spiro atoms. The zero-order chi connectivity index (χ0) is 17.1. The highest BCUT2D eigenvalue weighted by atomic mass is 16.5. The summed E-state index contributed by atoms with van der Waals surface area (Å²) in [5, 5.41) is 0.721. The summed E-state index contributed by atoms with van der Waals surface area (Å²) < 4.78 is 5.68. The SMILES string of the molecule is CCCOc1ccc2[nH]c(C)c(CN3CCN(C)CC3)c(=O)c2c1. The van der Waals surface area contributed by atoms with Crippen molar-refractivity contribution >= 4 is 10.9 Å². The average Bonchev–Trinajstić information content (AvgIpc) is 2.58. The first-order valence-electron chi connectivity index (χ1n) is 8.77. The molecule has 1 aliphatic heterocycles. The molecule has 0 aliphatic carbocycles. The number of H-pyrrole nitrogens is 1. The Hall–Kier alpha value is -1.85. The van der Waals surface area contributed by atoms with Crippen LogP contribution in [0.3, 0.4) is 0 Å². The minimum Gasteiger partial charge on any atom is -0.494 e. The van der Waals surface area contributed by atoms with Gasteiger partial charge in [-0.2, -0.15) is 0 Å². The van der Waals surface area contributed by atoms with E-state index in [0.29, 0.717) is 13.2 Å². The zero-order valence-corrected chi connectivity index (χ0v) is 14.9. The van der Waals surface area contributed by atoms with Crippen LogP contribution in [0.25, 0.3) is 10.9 Å². The lowest BCUT2D eigenvalue weighted by Gasteiger charge is -2.32. The van der Waals surface area contributed by atoms with Gasteiger partial charge >= 0.3 is 0 Å². The molecule has 1 fully saturated rings. The van der Waals surface area contributed by atoms with E-state index in [1.807, 2.05) is 25.1 Å². The van der Waals surface area contributed by atoms with E-state index in [1.54, 1.807) is 0 Å². The fourth-order valence-electron chi connectivity index (χ4n) is 3.16. The van der Waals surface area contributed by atoms with Crippen molar-refractivity contribution in [2.24, 2.45) is 0 Å². The van der Waals surface area contributed by atoms with Crippen LogP contribution in [0.15, 0.2) is 23.0 Å². The Bertz CT molecular complexity index is 761. The van der Waals surface area contributed by atoms with Gasteiger partial charge in [0.25, 0.3) is 0 Å². The number of ether oxygens (including phenoxy) is 1. The molecule has 5 heteroatoms. The van der Waals surface area contributed by atoms with E-state index < -0.39 is 0 Å². The summed E-state index contributed by atoms with van der Waals surface area (Å²) in [5.74, 6) is 0.768. The van der Waals surface area contributed by atoms with Crippen LogP contribution < -0.4 is 10.2 Å². The van der Waals surface area contributed by atoms with Crippen molar-refractivity contribution in [1.82, 2.24) is 14.8 Å². The molecule has 2 aromatic rings. The smallest absolute Gasteiger partial charge is 0.194 e. The number of nitrogens with one attached hydrogen (secondary N) is 1. The number of aromatic nitrogens is 1. The van der Waals surface area contributed by atoms with Crippen LogP contribution in [-0.2, 0) is 6.54 Å². The van der Waals surface area contributed by atoms with E-state index in [0.717, 1.165) is 60.5 Å². The fraction of sp³-hybridized carbons (Fsp3) is 0.526. The lowest BCUT2D eigenvalue weighted by atomic mass is 10.1. The van der Waals surface area contributed by atoms with Crippen molar-refractivity contribution in [3.05, 3.63) is 39.7 Å². The molecule has 0 saturated carbocycles. The van der Waals surface area contributed by atoms with Crippen LogP contribution in [0, 0.1) is 6.92 Å². The number of hydrogen-bond acceptors (Lipinski definition) is 4. The van der Waals surface area contributed by atoms with E-state index in [4.69, 9.17) is 4.74 Å². The molecule has 1 aromatic carbocycles. The van der Waals surface area contributed by atoms with Crippen LogP contribution >= 0.6 is 0 Å². The molecule has 0 bridgehead atoms. The van der Waals surface area contributed by atoms with Gasteiger partial charge in [0.05, 0.1) is 6.61 Å². The number of fused-ring (bicyclic) bond motifs is 1. The molecule has 2 heterocycles. The topological polar surface area (TPSA) is 48.6 Å². The van der Waals surface area contributed by atoms with Crippen molar-refractivity contribution in [2.45, 2.75) is 26.8 Å². The number of rotatable bonds is 5. The van der Waals surface area contributed by atoms with Crippen LogP contribution in [0.5, 0.6) is 5.75 Å². The molecule has 0 unspecified atom stereocenters. The Balaban J connectivity index is 1.90. The molecule has 130 valence electrons. The second-order valence-corrected chi connectivity index (χ2v) is 6.69. The van der Waals surface area contributed by atoms with Crippen LogP contribution in [-0.4, -0.2) is 54.6 Å². The normalized spacial score (nSPS) is 16.6. The van der Waals surface area contributed by atoms with Gasteiger partial charge in [-0.15, -0.1) is 0 Å². The number of aryl methyl sites for hydroxylation is 1. The predicted octanol–water partition coefficient (Wildman–Crippen LogP) is 2.37. The molecule has 5 nitrogen and oxygen atoms in total. The Morgan fingerprint density at radius 2 is 1.96 bits per heavy atom.